The molecule has 0 fully saturated rings. The van der Waals surface area contributed by atoms with Gasteiger partial charge in [-0.1, -0.05) is 25.5 Å². The third-order valence-corrected chi connectivity index (χ3v) is 3.29. The summed E-state index contributed by atoms with van der Waals surface area (Å²) in [5, 5.41) is 3.46. The Morgan fingerprint density at radius 1 is 1.12 bits per heavy atom. The van der Waals surface area contributed by atoms with E-state index in [1.807, 2.05) is 11.8 Å². The first-order chi connectivity index (χ1) is 7.86. The molecule has 0 aliphatic carbocycles. The van der Waals surface area contributed by atoms with E-state index in [1.54, 1.807) is 0 Å². The number of nitrogens with one attached hydrogen (secondary N) is 1. The highest BCUT2D eigenvalue weighted by molar-refractivity contribution is 7.98. The lowest BCUT2D eigenvalue weighted by Gasteiger charge is -2.07. The van der Waals surface area contributed by atoms with Crippen molar-refractivity contribution in [2.75, 3.05) is 23.9 Å². The lowest BCUT2D eigenvalue weighted by atomic mass is 10.1. The van der Waals surface area contributed by atoms with Crippen molar-refractivity contribution >= 4 is 17.4 Å². The molecule has 0 atom stereocenters. The molecule has 1 N–H and O–H groups in total. The Balaban J connectivity index is 2.21. The number of benzene rings is 1. The van der Waals surface area contributed by atoms with Gasteiger partial charge in [0.2, 0.25) is 0 Å². The highest BCUT2D eigenvalue weighted by Crippen LogP contribution is 2.11. The molecule has 0 bridgehead atoms. The Kier molecular flexibility index (Phi) is 7.15. The third-order valence-electron chi connectivity index (χ3n) is 2.60. The van der Waals surface area contributed by atoms with E-state index in [9.17, 15) is 0 Å². The number of thioether (sulfide) groups is 1. The van der Waals surface area contributed by atoms with Crippen LogP contribution in [0.3, 0.4) is 0 Å². The Bertz CT molecular complexity index is 269. The number of unbranched alkanes of at least 4 members (excludes halogenated alkanes) is 1. The van der Waals surface area contributed by atoms with Crippen molar-refractivity contribution in [2.24, 2.45) is 0 Å². The van der Waals surface area contributed by atoms with Gasteiger partial charge in [-0.3, -0.25) is 0 Å². The molecule has 90 valence electrons. The third kappa shape index (κ3) is 5.45. The topological polar surface area (TPSA) is 12.0 Å². The van der Waals surface area contributed by atoms with Crippen LogP contribution in [0.5, 0.6) is 0 Å². The molecule has 0 unspecified atom stereocenters. The largest absolute Gasteiger partial charge is 0.385 e. The van der Waals surface area contributed by atoms with E-state index in [-0.39, 0.29) is 0 Å². The molecule has 0 radical (unpaired) electrons. The molecule has 0 aromatic heterocycles. The van der Waals surface area contributed by atoms with Gasteiger partial charge in [-0.15, -0.1) is 0 Å². The standard InChI is InChI=1S/C14H23NS/c1-3-6-13-7-9-14(10-8-13)15-11-4-5-12-16-2/h7-10,15H,3-6,11-12H2,1-2H3. The molecule has 0 aliphatic rings. The zero-order chi connectivity index (χ0) is 11.6. The molecule has 0 saturated heterocycles. The van der Waals surface area contributed by atoms with Crippen LogP contribution in [0.1, 0.15) is 31.7 Å². The molecule has 0 aliphatic heterocycles. The SMILES string of the molecule is CCCc1ccc(NCCCCSC)cc1. The second-order valence-corrected chi connectivity index (χ2v) is 5.06. The van der Waals surface area contributed by atoms with Crippen molar-refractivity contribution in [3.8, 4) is 0 Å². The Labute approximate surface area is 104 Å². The maximum atomic E-state index is 3.46. The summed E-state index contributed by atoms with van der Waals surface area (Å²) < 4.78 is 0. The number of hydrogen-bond donors (Lipinski definition) is 1. The Morgan fingerprint density at radius 2 is 1.88 bits per heavy atom. The van der Waals surface area contributed by atoms with Crippen LogP contribution in [0, 0.1) is 0 Å². The van der Waals surface area contributed by atoms with Crippen molar-refractivity contribution < 1.29 is 0 Å². The van der Waals surface area contributed by atoms with Crippen LogP contribution in [0.25, 0.3) is 0 Å². The van der Waals surface area contributed by atoms with Crippen molar-refractivity contribution in [3.63, 3.8) is 0 Å². The van der Waals surface area contributed by atoms with Gasteiger partial charge in [-0.25, -0.2) is 0 Å². The second-order valence-electron chi connectivity index (χ2n) is 4.07. The number of hydrogen-bond acceptors (Lipinski definition) is 2. The fourth-order valence-corrected chi connectivity index (χ4v) is 2.17. The fourth-order valence-electron chi connectivity index (χ4n) is 1.68. The highest BCUT2D eigenvalue weighted by Gasteiger charge is 1.93. The predicted octanol–water partition coefficient (Wildman–Crippen LogP) is 4.19. The fraction of sp³-hybridized carbons (Fsp3) is 0.571. The van der Waals surface area contributed by atoms with Gasteiger partial charge < -0.3 is 5.32 Å². The molecule has 0 amide bonds. The Morgan fingerprint density at radius 3 is 2.50 bits per heavy atom. The van der Waals surface area contributed by atoms with Crippen LogP contribution in [-0.2, 0) is 6.42 Å². The molecule has 2 heteroatoms. The first-order valence-corrected chi connectivity index (χ1v) is 7.58. The summed E-state index contributed by atoms with van der Waals surface area (Å²) >= 11 is 1.93. The summed E-state index contributed by atoms with van der Waals surface area (Å²) in [7, 11) is 0. The minimum atomic E-state index is 1.09. The summed E-state index contributed by atoms with van der Waals surface area (Å²) in [5.74, 6) is 1.27. The summed E-state index contributed by atoms with van der Waals surface area (Å²) in [6.45, 7) is 3.31. The summed E-state index contributed by atoms with van der Waals surface area (Å²) in [6.07, 6.45) is 7.15. The van der Waals surface area contributed by atoms with Crippen LogP contribution in [0.4, 0.5) is 5.69 Å². The van der Waals surface area contributed by atoms with E-state index in [1.165, 1.54) is 42.7 Å². The molecule has 1 aromatic rings. The number of anilines is 1. The average Bonchev–Trinajstić information content (AvgIpc) is 2.31. The normalized spacial score (nSPS) is 10.4. The van der Waals surface area contributed by atoms with Crippen LogP contribution >= 0.6 is 11.8 Å². The minimum absolute atomic E-state index is 1.09. The van der Waals surface area contributed by atoms with Crippen LogP contribution in [0.15, 0.2) is 24.3 Å². The quantitative estimate of drug-likeness (QED) is 0.680. The predicted molar refractivity (Wildman–Crippen MR) is 76.5 cm³/mol. The van der Waals surface area contributed by atoms with Gasteiger partial charge in [0.1, 0.15) is 0 Å². The van der Waals surface area contributed by atoms with Gasteiger partial charge in [0, 0.05) is 12.2 Å². The van der Waals surface area contributed by atoms with Gasteiger partial charge in [0.15, 0.2) is 0 Å². The van der Waals surface area contributed by atoms with Gasteiger partial charge in [0.25, 0.3) is 0 Å². The molecule has 0 spiro atoms. The maximum Gasteiger partial charge on any atom is 0.0340 e. The first kappa shape index (κ1) is 13.4. The molecular weight excluding hydrogens is 214 g/mol. The van der Waals surface area contributed by atoms with Crippen LogP contribution in [0.2, 0.25) is 0 Å². The second kappa shape index (κ2) is 8.51. The van der Waals surface area contributed by atoms with E-state index in [4.69, 9.17) is 0 Å². The Hall–Kier alpha value is -0.630. The zero-order valence-electron chi connectivity index (χ0n) is 10.5. The molecule has 0 heterocycles. The average molecular weight is 237 g/mol. The lowest BCUT2D eigenvalue weighted by Crippen LogP contribution is -2.01. The monoisotopic (exact) mass is 237 g/mol. The summed E-state index contributed by atoms with van der Waals surface area (Å²) in [6, 6.07) is 8.85. The molecule has 16 heavy (non-hydrogen) atoms. The highest BCUT2D eigenvalue weighted by atomic mass is 32.2. The van der Waals surface area contributed by atoms with Crippen molar-refractivity contribution in [1.82, 2.24) is 0 Å². The zero-order valence-corrected chi connectivity index (χ0v) is 11.3. The molecule has 0 saturated carbocycles. The van der Waals surface area contributed by atoms with E-state index in [0.717, 1.165) is 6.54 Å². The van der Waals surface area contributed by atoms with Crippen LogP contribution < -0.4 is 5.32 Å². The molecule has 1 aromatic carbocycles. The van der Waals surface area contributed by atoms with Crippen molar-refractivity contribution in [2.45, 2.75) is 32.6 Å². The van der Waals surface area contributed by atoms with Gasteiger partial charge in [-0.2, -0.15) is 11.8 Å². The van der Waals surface area contributed by atoms with Gasteiger partial charge in [-0.05, 0) is 49.0 Å². The molecular formula is C14H23NS. The van der Waals surface area contributed by atoms with E-state index in [2.05, 4.69) is 42.8 Å². The van der Waals surface area contributed by atoms with Crippen molar-refractivity contribution in [1.29, 1.82) is 0 Å². The number of rotatable bonds is 8. The van der Waals surface area contributed by atoms with E-state index < -0.39 is 0 Å². The molecule has 1 nitrogen and oxygen atoms in total. The van der Waals surface area contributed by atoms with Crippen LogP contribution in [-0.4, -0.2) is 18.6 Å². The summed E-state index contributed by atoms with van der Waals surface area (Å²) in [4.78, 5) is 0. The van der Waals surface area contributed by atoms with Gasteiger partial charge in [0.05, 0.1) is 0 Å². The minimum Gasteiger partial charge on any atom is -0.385 e. The lowest BCUT2D eigenvalue weighted by molar-refractivity contribution is 0.843. The van der Waals surface area contributed by atoms with Gasteiger partial charge >= 0.3 is 0 Å². The van der Waals surface area contributed by atoms with E-state index >= 15 is 0 Å². The first-order valence-electron chi connectivity index (χ1n) is 6.18. The molecule has 1 rings (SSSR count). The van der Waals surface area contributed by atoms with E-state index in [0.29, 0.717) is 0 Å². The maximum absolute atomic E-state index is 3.46. The number of aryl methyl sites for hydroxylation is 1. The van der Waals surface area contributed by atoms with Crippen molar-refractivity contribution in [3.05, 3.63) is 29.8 Å². The summed E-state index contributed by atoms with van der Waals surface area (Å²) in [5.41, 5.74) is 2.69. The smallest absolute Gasteiger partial charge is 0.0340 e.